The van der Waals surface area contributed by atoms with Crippen LogP contribution < -0.4 is 5.48 Å². The van der Waals surface area contributed by atoms with Crippen LogP contribution in [0.25, 0.3) is 10.9 Å². The van der Waals surface area contributed by atoms with E-state index in [-0.39, 0.29) is 33.9 Å². The summed E-state index contributed by atoms with van der Waals surface area (Å²) in [5.41, 5.74) is 3.76. The van der Waals surface area contributed by atoms with E-state index in [9.17, 15) is 14.4 Å². The van der Waals surface area contributed by atoms with E-state index in [0.717, 1.165) is 10.9 Å². The number of fused-ring (bicyclic) bond motifs is 1. The van der Waals surface area contributed by atoms with Gasteiger partial charge in [-0.2, -0.15) is 0 Å². The van der Waals surface area contributed by atoms with E-state index in [4.69, 9.17) is 4.63 Å². The van der Waals surface area contributed by atoms with E-state index >= 15 is 0 Å². The molecule has 30 heavy (non-hydrogen) atoms. The number of ketones is 1. The van der Waals surface area contributed by atoms with E-state index in [2.05, 4.69) is 36.2 Å². The summed E-state index contributed by atoms with van der Waals surface area (Å²) in [7, 11) is 0. The summed E-state index contributed by atoms with van der Waals surface area (Å²) in [5.74, 6) is -0.771. The second kappa shape index (κ2) is 8.47. The highest BCUT2D eigenvalue weighted by atomic mass is 79.9. The van der Waals surface area contributed by atoms with Crippen molar-refractivity contribution >= 4 is 44.1 Å². The van der Waals surface area contributed by atoms with Crippen molar-refractivity contribution < 1.29 is 19.0 Å². The zero-order chi connectivity index (χ0) is 21.1. The minimum absolute atomic E-state index is 0.0637. The molecular formula is C20H13BrFN5O3. The number of carbonyl (C=O) groups is 1. The number of nitrogens with one attached hydrogen (secondary N) is 1. The van der Waals surface area contributed by atoms with Crippen molar-refractivity contribution in [2.75, 3.05) is 0 Å². The van der Waals surface area contributed by atoms with Crippen LogP contribution in [0.3, 0.4) is 0 Å². The Morgan fingerprint density at radius 2 is 2.07 bits per heavy atom. The topological polar surface area (TPSA) is 114 Å². The van der Waals surface area contributed by atoms with Crippen molar-refractivity contribution in [1.82, 2.24) is 20.8 Å². The molecule has 0 spiro atoms. The summed E-state index contributed by atoms with van der Waals surface area (Å²) in [4.78, 5) is 21.2. The molecule has 0 aliphatic rings. The maximum atomic E-state index is 13.4. The van der Waals surface area contributed by atoms with Gasteiger partial charge in [-0.1, -0.05) is 11.2 Å². The van der Waals surface area contributed by atoms with Crippen LogP contribution in [-0.4, -0.2) is 32.1 Å². The van der Waals surface area contributed by atoms with Crippen LogP contribution in [-0.2, 0) is 6.42 Å². The number of carbonyl (C=O) groups excluding carboxylic acids is 1. The molecule has 4 aromatic rings. The summed E-state index contributed by atoms with van der Waals surface area (Å²) >= 11 is 3.07. The molecule has 0 aliphatic heterocycles. The molecule has 4 rings (SSSR count). The van der Waals surface area contributed by atoms with Crippen molar-refractivity contribution in [3.63, 3.8) is 0 Å². The van der Waals surface area contributed by atoms with Gasteiger partial charge in [-0.25, -0.2) is 14.0 Å². The van der Waals surface area contributed by atoms with Crippen molar-refractivity contribution in [2.24, 2.45) is 4.99 Å². The first-order chi connectivity index (χ1) is 14.5. The maximum absolute atomic E-state index is 13.4. The fourth-order valence-electron chi connectivity index (χ4n) is 2.82. The molecule has 2 aromatic carbocycles. The third kappa shape index (κ3) is 4.09. The Labute approximate surface area is 177 Å². The molecule has 2 heterocycles. The average Bonchev–Trinajstić information content (AvgIpc) is 3.22. The third-order valence-corrected chi connectivity index (χ3v) is 4.89. The summed E-state index contributed by atoms with van der Waals surface area (Å²) in [6.07, 6.45) is 1.55. The number of aliphatic imine (C=N–C) groups is 1. The van der Waals surface area contributed by atoms with Gasteiger partial charge >= 0.3 is 0 Å². The molecule has 0 bridgehead atoms. The summed E-state index contributed by atoms with van der Waals surface area (Å²) < 4.78 is 18.4. The first-order valence-corrected chi connectivity index (χ1v) is 9.48. The zero-order valence-corrected chi connectivity index (χ0v) is 16.8. The second-order valence-corrected chi connectivity index (χ2v) is 7.10. The number of benzene rings is 2. The monoisotopic (exact) mass is 469 g/mol. The van der Waals surface area contributed by atoms with Crippen LogP contribution in [0.15, 0.2) is 68.8 Å². The SMILES string of the molecule is O=C(Cc1nonc1C(=Nc1ccc(F)c(Br)c1)NO)c1ccc2ncccc2c1. The number of aromatic nitrogens is 3. The van der Waals surface area contributed by atoms with Gasteiger partial charge in [0.05, 0.1) is 22.1 Å². The van der Waals surface area contributed by atoms with Gasteiger partial charge in [0.15, 0.2) is 17.3 Å². The first-order valence-electron chi connectivity index (χ1n) is 8.69. The number of Topliss-reactive ketones (excluding diaryl/α,β-unsaturated/α-hetero) is 1. The van der Waals surface area contributed by atoms with Gasteiger partial charge in [-0.05, 0) is 63.6 Å². The average molecular weight is 470 g/mol. The fraction of sp³-hybridized carbons (Fsp3) is 0.0500. The van der Waals surface area contributed by atoms with E-state index in [1.807, 2.05) is 11.5 Å². The van der Waals surface area contributed by atoms with Gasteiger partial charge < -0.3 is 0 Å². The lowest BCUT2D eigenvalue weighted by atomic mass is 10.0. The molecule has 0 saturated heterocycles. The van der Waals surface area contributed by atoms with E-state index in [0.29, 0.717) is 11.3 Å². The Kier molecular flexibility index (Phi) is 5.59. The molecule has 0 atom stereocenters. The molecule has 10 heteroatoms. The number of rotatable bonds is 5. The molecule has 0 unspecified atom stereocenters. The molecular weight excluding hydrogens is 457 g/mol. The molecule has 150 valence electrons. The largest absolute Gasteiger partial charge is 0.294 e. The van der Waals surface area contributed by atoms with Gasteiger partial charge in [0.2, 0.25) is 0 Å². The Morgan fingerprint density at radius 3 is 2.87 bits per heavy atom. The highest BCUT2D eigenvalue weighted by Gasteiger charge is 2.20. The van der Waals surface area contributed by atoms with Crippen LogP contribution in [0.5, 0.6) is 0 Å². The van der Waals surface area contributed by atoms with Gasteiger partial charge in [0.1, 0.15) is 11.5 Å². The molecule has 0 radical (unpaired) electrons. The fourth-order valence-corrected chi connectivity index (χ4v) is 3.19. The Balaban J connectivity index is 1.61. The number of nitrogens with zero attached hydrogens (tertiary/aromatic N) is 4. The highest BCUT2D eigenvalue weighted by molar-refractivity contribution is 9.10. The number of amidine groups is 1. The van der Waals surface area contributed by atoms with Gasteiger partial charge in [-0.15, -0.1) is 0 Å². The number of hydroxylamine groups is 1. The Bertz CT molecular complexity index is 1270. The molecule has 0 amide bonds. The normalized spacial score (nSPS) is 11.6. The van der Waals surface area contributed by atoms with E-state index in [1.54, 1.807) is 30.5 Å². The summed E-state index contributed by atoms with van der Waals surface area (Å²) in [5, 5.41) is 17.8. The summed E-state index contributed by atoms with van der Waals surface area (Å²) in [6.45, 7) is 0. The zero-order valence-electron chi connectivity index (χ0n) is 15.2. The van der Waals surface area contributed by atoms with E-state index < -0.39 is 5.82 Å². The smallest absolute Gasteiger partial charge is 0.182 e. The quantitative estimate of drug-likeness (QED) is 0.196. The van der Waals surface area contributed by atoms with Gasteiger partial charge in [0.25, 0.3) is 0 Å². The minimum atomic E-state index is -0.451. The molecule has 2 N–H and O–H groups in total. The van der Waals surface area contributed by atoms with Gasteiger partial charge in [0, 0.05) is 17.1 Å². The molecule has 0 fully saturated rings. The van der Waals surface area contributed by atoms with Crippen molar-refractivity contribution in [3.05, 3.63) is 82.0 Å². The van der Waals surface area contributed by atoms with Crippen LogP contribution in [0, 0.1) is 5.82 Å². The van der Waals surface area contributed by atoms with Crippen LogP contribution in [0.1, 0.15) is 21.7 Å². The number of hydrogen-bond acceptors (Lipinski definition) is 7. The molecule has 0 aliphatic carbocycles. The maximum Gasteiger partial charge on any atom is 0.182 e. The Morgan fingerprint density at radius 1 is 1.20 bits per heavy atom. The second-order valence-electron chi connectivity index (χ2n) is 6.24. The van der Waals surface area contributed by atoms with Gasteiger partial charge in [-0.3, -0.25) is 20.5 Å². The lowest BCUT2D eigenvalue weighted by Gasteiger charge is -2.05. The van der Waals surface area contributed by atoms with Crippen LogP contribution in [0.2, 0.25) is 0 Å². The summed E-state index contributed by atoms with van der Waals surface area (Å²) in [6, 6.07) is 12.9. The molecule has 0 saturated carbocycles. The third-order valence-electron chi connectivity index (χ3n) is 4.28. The Hall–Kier alpha value is -3.50. The minimum Gasteiger partial charge on any atom is -0.294 e. The standard InChI is InChI=1S/C20H13BrFN5O3/c21-14-9-13(4-5-15(14)22)24-20(25-29)19-17(26-30-27-19)10-18(28)12-3-6-16-11(8-12)2-1-7-23-16/h1-9,29H,10H2,(H,24,25). The predicted octanol–water partition coefficient (Wildman–Crippen LogP) is 4.00. The lowest BCUT2D eigenvalue weighted by Crippen LogP contribution is -2.22. The van der Waals surface area contributed by atoms with Crippen LogP contribution >= 0.6 is 15.9 Å². The number of hydrogen-bond donors (Lipinski definition) is 2. The number of halogens is 2. The van der Waals surface area contributed by atoms with Crippen molar-refractivity contribution in [2.45, 2.75) is 6.42 Å². The van der Waals surface area contributed by atoms with E-state index in [1.165, 1.54) is 18.2 Å². The molecule has 8 nitrogen and oxygen atoms in total. The molecule has 2 aromatic heterocycles. The first kappa shape index (κ1) is 19.8. The highest BCUT2D eigenvalue weighted by Crippen LogP contribution is 2.23. The van der Waals surface area contributed by atoms with Crippen molar-refractivity contribution in [1.29, 1.82) is 0 Å². The lowest BCUT2D eigenvalue weighted by molar-refractivity contribution is 0.0990. The number of pyridine rings is 1. The van der Waals surface area contributed by atoms with Crippen molar-refractivity contribution in [3.8, 4) is 0 Å². The van der Waals surface area contributed by atoms with Crippen LogP contribution in [0.4, 0.5) is 10.1 Å². The predicted molar refractivity (Wildman–Crippen MR) is 109 cm³/mol.